The molecule has 2 rings (SSSR count). The third-order valence-corrected chi connectivity index (χ3v) is 4.47. The Labute approximate surface area is 116 Å². The van der Waals surface area contributed by atoms with Crippen LogP contribution < -0.4 is 0 Å². The summed E-state index contributed by atoms with van der Waals surface area (Å²) in [6, 6.07) is 14.7. The molecule has 0 heterocycles. The van der Waals surface area contributed by atoms with Gasteiger partial charge in [0, 0.05) is 0 Å². The third kappa shape index (κ3) is 2.09. The van der Waals surface area contributed by atoms with E-state index in [4.69, 9.17) is 0 Å². The number of aliphatic carboxylic acids is 1. The molecule has 104 valence electrons. The molecule has 0 unspecified atom stereocenters. The van der Waals surface area contributed by atoms with Gasteiger partial charge in [0.15, 0.2) is 0 Å². The van der Waals surface area contributed by atoms with Crippen LogP contribution in [-0.2, 0) is 19.7 Å². The molecular formula is C14H12O5S. The van der Waals surface area contributed by atoms with Crippen molar-refractivity contribution in [1.29, 1.82) is 0 Å². The fraction of sp³-hybridized carbons (Fsp3) is 0.0714. The highest BCUT2D eigenvalue weighted by atomic mass is 32.2. The zero-order chi connectivity index (χ0) is 14.8. The van der Waals surface area contributed by atoms with Crippen molar-refractivity contribution in [3.8, 4) is 0 Å². The molecule has 0 atom stereocenters. The van der Waals surface area contributed by atoms with Crippen LogP contribution in [0.4, 0.5) is 0 Å². The second kappa shape index (κ2) is 5.07. The molecule has 0 aliphatic rings. The van der Waals surface area contributed by atoms with E-state index in [-0.39, 0.29) is 11.1 Å². The molecule has 2 aromatic rings. The molecule has 0 amide bonds. The number of carbonyl (C=O) groups is 1. The maximum atomic E-state index is 11.9. The van der Waals surface area contributed by atoms with Gasteiger partial charge in [-0.3, -0.25) is 4.55 Å². The summed E-state index contributed by atoms with van der Waals surface area (Å²) >= 11 is 0. The lowest BCUT2D eigenvalue weighted by Crippen LogP contribution is -2.44. The van der Waals surface area contributed by atoms with Crippen molar-refractivity contribution in [3.63, 3.8) is 0 Å². The first-order valence-electron chi connectivity index (χ1n) is 5.72. The Kier molecular flexibility index (Phi) is 3.61. The standard InChI is InChI=1S/C14H12O5S/c15-13(16)14(20(17,18)19,11-7-3-1-4-8-11)12-9-5-2-6-10-12/h1-10H,(H,15,16)(H,17,18,19). The Morgan fingerprint density at radius 1 is 0.850 bits per heavy atom. The van der Waals surface area contributed by atoms with E-state index >= 15 is 0 Å². The SMILES string of the molecule is O=C(O)C(c1ccccc1)(c1ccccc1)S(=O)(=O)O. The molecule has 5 nitrogen and oxygen atoms in total. The molecule has 0 bridgehead atoms. The van der Waals surface area contributed by atoms with Crippen LogP contribution in [0.5, 0.6) is 0 Å². The van der Waals surface area contributed by atoms with Gasteiger partial charge in [0.2, 0.25) is 4.75 Å². The lowest BCUT2D eigenvalue weighted by molar-refractivity contribution is -0.139. The third-order valence-electron chi connectivity index (χ3n) is 3.05. The molecule has 0 spiro atoms. The maximum Gasteiger partial charge on any atom is 0.336 e. The minimum absolute atomic E-state index is 0.0267. The summed E-state index contributed by atoms with van der Waals surface area (Å²) in [5.74, 6) is -1.66. The van der Waals surface area contributed by atoms with Crippen molar-refractivity contribution < 1.29 is 22.9 Å². The predicted molar refractivity (Wildman–Crippen MR) is 72.8 cm³/mol. The number of benzene rings is 2. The Balaban J connectivity index is 2.89. The van der Waals surface area contributed by atoms with Crippen molar-refractivity contribution in [2.45, 2.75) is 4.75 Å². The molecule has 20 heavy (non-hydrogen) atoms. The van der Waals surface area contributed by atoms with Crippen LogP contribution in [0.15, 0.2) is 60.7 Å². The minimum atomic E-state index is -4.93. The first-order valence-corrected chi connectivity index (χ1v) is 7.16. The Hall–Kier alpha value is -2.18. The summed E-state index contributed by atoms with van der Waals surface area (Å²) in [6.07, 6.45) is 0. The number of hydrogen-bond acceptors (Lipinski definition) is 3. The predicted octanol–water partition coefficient (Wildman–Crippen LogP) is 1.90. The van der Waals surface area contributed by atoms with Crippen molar-refractivity contribution in [3.05, 3.63) is 71.8 Å². The van der Waals surface area contributed by atoms with Crippen LogP contribution >= 0.6 is 0 Å². The normalized spacial score (nSPS) is 12.1. The van der Waals surface area contributed by atoms with Gasteiger partial charge in [0.1, 0.15) is 0 Å². The minimum Gasteiger partial charge on any atom is -0.479 e. The highest BCUT2D eigenvalue weighted by Crippen LogP contribution is 2.37. The number of carboxylic acids is 1. The van der Waals surface area contributed by atoms with Crippen LogP contribution in [0.3, 0.4) is 0 Å². The second-order valence-electron chi connectivity index (χ2n) is 4.19. The van der Waals surface area contributed by atoms with E-state index in [1.807, 2.05) is 0 Å². The monoisotopic (exact) mass is 292 g/mol. The van der Waals surface area contributed by atoms with E-state index in [2.05, 4.69) is 0 Å². The molecular weight excluding hydrogens is 280 g/mol. The second-order valence-corrected chi connectivity index (χ2v) is 5.76. The van der Waals surface area contributed by atoms with E-state index in [9.17, 15) is 22.9 Å². The molecule has 0 aliphatic carbocycles. The van der Waals surface area contributed by atoms with Crippen LogP contribution in [0.2, 0.25) is 0 Å². The van der Waals surface area contributed by atoms with Crippen LogP contribution in [0.25, 0.3) is 0 Å². The van der Waals surface area contributed by atoms with E-state index in [1.54, 1.807) is 12.1 Å². The molecule has 0 aromatic heterocycles. The summed E-state index contributed by atoms with van der Waals surface area (Å²) < 4.78 is 30.8. The lowest BCUT2D eigenvalue weighted by atomic mass is 9.90. The summed E-state index contributed by atoms with van der Waals surface area (Å²) in [5.41, 5.74) is -0.0533. The lowest BCUT2D eigenvalue weighted by Gasteiger charge is -2.27. The van der Waals surface area contributed by atoms with Gasteiger partial charge in [-0.15, -0.1) is 0 Å². The van der Waals surface area contributed by atoms with E-state index in [0.717, 1.165) is 0 Å². The molecule has 0 radical (unpaired) electrons. The first-order chi connectivity index (χ1) is 9.40. The number of hydrogen-bond donors (Lipinski definition) is 2. The van der Waals surface area contributed by atoms with Crippen LogP contribution in [0.1, 0.15) is 11.1 Å². The van der Waals surface area contributed by atoms with Gasteiger partial charge in [-0.2, -0.15) is 8.42 Å². The van der Waals surface area contributed by atoms with Crippen LogP contribution in [-0.4, -0.2) is 24.0 Å². The van der Waals surface area contributed by atoms with Crippen LogP contribution in [0, 0.1) is 0 Å². The van der Waals surface area contributed by atoms with Crippen molar-refractivity contribution in [2.75, 3.05) is 0 Å². The maximum absolute atomic E-state index is 11.9. The molecule has 0 aliphatic heterocycles. The largest absolute Gasteiger partial charge is 0.479 e. The Morgan fingerprint density at radius 3 is 1.45 bits per heavy atom. The Bertz CT molecular complexity index is 668. The first kappa shape index (κ1) is 14.2. The highest BCUT2D eigenvalue weighted by Gasteiger charge is 2.53. The summed E-state index contributed by atoms with van der Waals surface area (Å²) in [4.78, 5) is 11.7. The Morgan fingerprint density at radius 2 is 1.20 bits per heavy atom. The van der Waals surface area contributed by atoms with Gasteiger partial charge in [0.05, 0.1) is 0 Å². The van der Waals surface area contributed by atoms with Crippen molar-refractivity contribution in [2.24, 2.45) is 0 Å². The zero-order valence-corrected chi connectivity index (χ0v) is 11.1. The van der Waals surface area contributed by atoms with Crippen molar-refractivity contribution >= 4 is 16.1 Å². The van der Waals surface area contributed by atoms with Gasteiger partial charge in [-0.05, 0) is 11.1 Å². The summed E-state index contributed by atoms with van der Waals surface area (Å²) in [5, 5.41) is 9.53. The van der Waals surface area contributed by atoms with E-state index < -0.39 is 20.8 Å². The highest BCUT2D eigenvalue weighted by molar-refractivity contribution is 7.87. The van der Waals surface area contributed by atoms with Gasteiger partial charge in [0.25, 0.3) is 10.1 Å². The van der Waals surface area contributed by atoms with E-state index in [1.165, 1.54) is 48.5 Å². The molecule has 0 fully saturated rings. The topological polar surface area (TPSA) is 91.7 Å². The molecule has 2 aromatic carbocycles. The molecule has 0 saturated heterocycles. The van der Waals surface area contributed by atoms with Gasteiger partial charge in [-0.1, -0.05) is 60.7 Å². The van der Waals surface area contributed by atoms with E-state index in [0.29, 0.717) is 0 Å². The fourth-order valence-electron chi connectivity index (χ4n) is 2.17. The van der Waals surface area contributed by atoms with Gasteiger partial charge >= 0.3 is 5.97 Å². The average Bonchev–Trinajstić information content (AvgIpc) is 2.40. The van der Waals surface area contributed by atoms with Crippen molar-refractivity contribution in [1.82, 2.24) is 0 Å². The number of rotatable bonds is 4. The number of carboxylic acid groups (broad SMARTS) is 1. The fourth-order valence-corrected chi connectivity index (χ4v) is 3.26. The quantitative estimate of drug-likeness (QED) is 0.840. The smallest absolute Gasteiger partial charge is 0.336 e. The average molecular weight is 292 g/mol. The molecule has 6 heteroatoms. The molecule has 0 saturated carbocycles. The summed E-state index contributed by atoms with van der Waals surface area (Å²) in [6.45, 7) is 0. The molecule has 2 N–H and O–H groups in total. The van der Waals surface area contributed by atoms with Gasteiger partial charge < -0.3 is 5.11 Å². The summed E-state index contributed by atoms with van der Waals surface area (Å²) in [7, 11) is -4.93. The zero-order valence-electron chi connectivity index (χ0n) is 10.3. The van der Waals surface area contributed by atoms with Gasteiger partial charge in [-0.25, -0.2) is 4.79 Å².